The third-order valence-corrected chi connectivity index (χ3v) is 4.18. The maximum atomic E-state index is 14.5. The summed E-state index contributed by atoms with van der Waals surface area (Å²) in [5, 5.41) is 22.1. The number of benzene rings is 1. The van der Waals surface area contributed by atoms with E-state index >= 15 is 0 Å². The van der Waals surface area contributed by atoms with Crippen molar-refractivity contribution in [3.8, 4) is 18.0 Å². The molecular formula is C19H16FN7O. The van der Waals surface area contributed by atoms with Crippen molar-refractivity contribution < 1.29 is 9.50 Å². The van der Waals surface area contributed by atoms with E-state index in [2.05, 4.69) is 26.4 Å². The number of anilines is 2. The van der Waals surface area contributed by atoms with Gasteiger partial charge in [0.05, 0.1) is 23.0 Å². The quantitative estimate of drug-likeness (QED) is 0.371. The zero-order chi connectivity index (χ0) is 19.8. The average Bonchev–Trinajstić information content (AvgIpc) is 3.24. The van der Waals surface area contributed by atoms with Gasteiger partial charge in [-0.05, 0) is 25.1 Å². The van der Waals surface area contributed by atoms with Gasteiger partial charge in [0.1, 0.15) is 23.1 Å². The fourth-order valence-corrected chi connectivity index (χ4v) is 2.93. The van der Waals surface area contributed by atoms with Gasteiger partial charge in [0.2, 0.25) is 0 Å². The Balaban J connectivity index is 1.76. The molecule has 0 bridgehead atoms. The van der Waals surface area contributed by atoms with Crippen LogP contribution in [-0.4, -0.2) is 29.5 Å². The summed E-state index contributed by atoms with van der Waals surface area (Å²) >= 11 is 0. The van der Waals surface area contributed by atoms with Crippen LogP contribution in [0.15, 0.2) is 42.7 Å². The fraction of sp³-hybridized carbons (Fsp3) is 0.105. The van der Waals surface area contributed by atoms with Crippen LogP contribution in [0.3, 0.4) is 0 Å². The molecule has 9 heteroatoms. The highest BCUT2D eigenvalue weighted by Crippen LogP contribution is 2.26. The normalized spacial score (nSPS) is 12.1. The smallest absolute Gasteiger partial charge is 0.165 e. The second kappa shape index (κ2) is 6.68. The Hall–Kier alpha value is -3.90. The lowest BCUT2D eigenvalue weighted by atomic mass is 10.2. The highest BCUT2D eigenvalue weighted by molar-refractivity contribution is 5.58. The van der Waals surface area contributed by atoms with Crippen LogP contribution < -0.4 is 11.1 Å². The average molecular weight is 377 g/mol. The van der Waals surface area contributed by atoms with Gasteiger partial charge in [0.15, 0.2) is 11.9 Å². The molecule has 0 saturated carbocycles. The summed E-state index contributed by atoms with van der Waals surface area (Å²) < 4.78 is 17.3. The maximum Gasteiger partial charge on any atom is 0.165 e. The van der Waals surface area contributed by atoms with Crippen LogP contribution in [0.4, 0.5) is 16.0 Å². The summed E-state index contributed by atoms with van der Waals surface area (Å²) in [5.41, 5.74) is 7.61. The predicted molar refractivity (Wildman–Crippen MR) is 102 cm³/mol. The number of halogens is 1. The number of nitrogen functional groups attached to an aromatic ring is 1. The summed E-state index contributed by atoms with van der Waals surface area (Å²) in [5.74, 6) is 2.58. The minimum absolute atomic E-state index is 0.120. The van der Waals surface area contributed by atoms with E-state index < -0.39 is 12.0 Å². The number of nitrogens with two attached hydrogens (primary N) is 1. The summed E-state index contributed by atoms with van der Waals surface area (Å²) in [6, 6.07) is 7.71. The van der Waals surface area contributed by atoms with Crippen LogP contribution in [0.25, 0.3) is 11.3 Å². The van der Waals surface area contributed by atoms with Crippen molar-refractivity contribution in [2.75, 3.05) is 11.1 Å². The molecule has 0 aliphatic heterocycles. The lowest BCUT2D eigenvalue weighted by molar-refractivity contribution is 0.208. The molecule has 0 fully saturated rings. The highest BCUT2D eigenvalue weighted by Gasteiger charge is 2.20. The van der Waals surface area contributed by atoms with E-state index in [0.29, 0.717) is 34.1 Å². The molecule has 1 unspecified atom stereocenters. The molecule has 8 nitrogen and oxygen atoms in total. The molecule has 1 aromatic carbocycles. The molecule has 1 atom stereocenters. The van der Waals surface area contributed by atoms with Gasteiger partial charge in [0.25, 0.3) is 0 Å². The van der Waals surface area contributed by atoms with Crippen LogP contribution >= 0.6 is 0 Å². The van der Waals surface area contributed by atoms with Crippen molar-refractivity contribution >= 4 is 17.3 Å². The second-order valence-electron chi connectivity index (χ2n) is 6.13. The van der Waals surface area contributed by atoms with Gasteiger partial charge in [-0.2, -0.15) is 10.2 Å². The first-order valence-electron chi connectivity index (χ1n) is 8.34. The Labute approximate surface area is 159 Å². The molecule has 140 valence electrons. The van der Waals surface area contributed by atoms with E-state index in [1.165, 1.54) is 27.5 Å². The summed E-state index contributed by atoms with van der Waals surface area (Å²) in [6.07, 6.45) is 7.43. The predicted octanol–water partition coefficient (Wildman–Crippen LogP) is 2.03. The molecule has 3 aromatic heterocycles. The lowest BCUT2D eigenvalue weighted by Crippen LogP contribution is -2.14. The van der Waals surface area contributed by atoms with Crippen molar-refractivity contribution in [2.24, 2.45) is 0 Å². The minimum Gasteiger partial charge on any atom is -0.384 e. The molecule has 0 amide bonds. The number of aromatic nitrogens is 5. The van der Waals surface area contributed by atoms with Crippen molar-refractivity contribution in [1.29, 1.82) is 0 Å². The van der Waals surface area contributed by atoms with Gasteiger partial charge in [-0.25, -0.2) is 18.6 Å². The standard InChI is InChI=1S/C19H16FN7O/c1-3-12-5-4-6-14(20)17(12)27-16(9-11(2)25-27)24-19(28)13-10-22-26-8-7-15(21)23-18(13)26/h1,4-10,19,24,28H,2H3,(H2,21,23). The molecule has 4 aromatic rings. The van der Waals surface area contributed by atoms with E-state index in [1.807, 2.05) is 0 Å². The Kier molecular flexibility index (Phi) is 4.18. The number of nitrogens with one attached hydrogen (secondary N) is 1. The Morgan fingerprint density at radius 2 is 2.18 bits per heavy atom. The van der Waals surface area contributed by atoms with Crippen molar-refractivity contribution in [3.05, 3.63) is 65.4 Å². The summed E-state index contributed by atoms with van der Waals surface area (Å²) in [4.78, 5) is 4.19. The van der Waals surface area contributed by atoms with E-state index in [-0.39, 0.29) is 5.69 Å². The molecular weight excluding hydrogens is 361 g/mol. The first-order chi connectivity index (χ1) is 13.5. The molecule has 4 N–H and O–H groups in total. The number of aliphatic hydroxyl groups excluding tert-OH is 1. The molecule has 3 heterocycles. The summed E-state index contributed by atoms with van der Waals surface area (Å²) in [7, 11) is 0. The van der Waals surface area contributed by atoms with E-state index in [9.17, 15) is 9.50 Å². The van der Waals surface area contributed by atoms with Gasteiger partial charge in [-0.1, -0.05) is 12.0 Å². The minimum atomic E-state index is -1.19. The Bertz CT molecular complexity index is 1220. The van der Waals surface area contributed by atoms with Crippen molar-refractivity contribution in [2.45, 2.75) is 13.2 Å². The summed E-state index contributed by atoms with van der Waals surface area (Å²) in [6.45, 7) is 1.75. The zero-order valence-corrected chi connectivity index (χ0v) is 14.8. The number of terminal acetylenes is 1. The van der Waals surface area contributed by atoms with Crippen LogP contribution in [0.2, 0.25) is 0 Å². The number of nitrogens with zero attached hydrogens (tertiary/aromatic N) is 5. The monoisotopic (exact) mass is 377 g/mol. The number of aryl methyl sites for hydroxylation is 1. The number of hydrogen-bond donors (Lipinski definition) is 3. The zero-order valence-electron chi connectivity index (χ0n) is 14.8. The number of rotatable bonds is 4. The highest BCUT2D eigenvalue weighted by atomic mass is 19.1. The van der Waals surface area contributed by atoms with E-state index in [0.717, 1.165) is 0 Å². The maximum absolute atomic E-state index is 14.5. The third kappa shape index (κ3) is 2.91. The third-order valence-electron chi connectivity index (χ3n) is 4.18. The molecule has 0 saturated heterocycles. The molecule has 0 radical (unpaired) electrons. The second-order valence-corrected chi connectivity index (χ2v) is 6.13. The fourth-order valence-electron chi connectivity index (χ4n) is 2.93. The molecule has 28 heavy (non-hydrogen) atoms. The first-order valence-corrected chi connectivity index (χ1v) is 8.34. The van der Waals surface area contributed by atoms with Crippen LogP contribution in [0.1, 0.15) is 23.0 Å². The van der Waals surface area contributed by atoms with E-state index in [1.54, 1.807) is 31.3 Å². The number of aliphatic hydroxyl groups is 1. The van der Waals surface area contributed by atoms with Gasteiger partial charge in [-0.15, -0.1) is 6.42 Å². The SMILES string of the molecule is C#Cc1cccc(F)c1-n1nc(C)cc1NC(O)c1cnn2ccc(N)nc12. The number of para-hydroxylation sites is 1. The van der Waals surface area contributed by atoms with Gasteiger partial charge < -0.3 is 16.2 Å². The topological polar surface area (TPSA) is 106 Å². The molecule has 0 spiro atoms. The van der Waals surface area contributed by atoms with Gasteiger partial charge >= 0.3 is 0 Å². The molecule has 4 rings (SSSR count). The van der Waals surface area contributed by atoms with Crippen molar-refractivity contribution in [3.63, 3.8) is 0 Å². The number of fused-ring (bicyclic) bond motifs is 1. The molecule has 0 aliphatic carbocycles. The lowest BCUT2D eigenvalue weighted by Gasteiger charge is -2.16. The first kappa shape index (κ1) is 17.5. The largest absolute Gasteiger partial charge is 0.384 e. The van der Waals surface area contributed by atoms with Crippen LogP contribution in [0.5, 0.6) is 0 Å². The van der Waals surface area contributed by atoms with Crippen molar-refractivity contribution in [1.82, 2.24) is 24.4 Å². The Morgan fingerprint density at radius 1 is 1.36 bits per heavy atom. The van der Waals surface area contributed by atoms with E-state index in [4.69, 9.17) is 12.2 Å². The number of hydrogen-bond acceptors (Lipinski definition) is 6. The Morgan fingerprint density at radius 3 is 2.96 bits per heavy atom. The molecule has 0 aliphatic rings. The van der Waals surface area contributed by atoms with Gasteiger partial charge in [0, 0.05) is 12.3 Å². The van der Waals surface area contributed by atoms with Crippen LogP contribution in [-0.2, 0) is 0 Å². The van der Waals surface area contributed by atoms with Crippen LogP contribution in [0, 0.1) is 25.1 Å². The van der Waals surface area contributed by atoms with Gasteiger partial charge in [-0.3, -0.25) is 0 Å².